The first-order valence-electron chi connectivity index (χ1n) is 18.0. The Morgan fingerprint density at radius 2 is 1.35 bits per heavy atom. The van der Waals surface area contributed by atoms with Crippen LogP contribution >= 0.6 is 0 Å². The molecule has 0 radical (unpaired) electrons. The zero-order chi connectivity index (χ0) is 35.7. The lowest BCUT2D eigenvalue weighted by Crippen LogP contribution is -2.05. The number of benzene rings is 4. The number of fused-ring (bicyclic) bond motifs is 3. The largest absolute Gasteiger partial charge is 0.309 e. The fraction of sp³-hybridized carbons (Fsp3) is 0.298. The van der Waals surface area contributed by atoms with E-state index in [1.54, 1.807) is 0 Å². The monoisotopic (exact) mass is 639 g/mol. The van der Waals surface area contributed by atoms with E-state index in [1.807, 2.05) is 33.8 Å². The number of rotatable bonds is 9. The van der Waals surface area contributed by atoms with Gasteiger partial charge in [0.1, 0.15) is 0 Å². The molecule has 4 aromatic rings. The summed E-state index contributed by atoms with van der Waals surface area (Å²) in [4.78, 5) is 0. The highest BCUT2D eigenvalue weighted by Gasteiger charge is 2.21. The van der Waals surface area contributed by atoms with Gasteiger partial charge < -0.3 is 5.41 Å². The maximum atomic E-state index is 6.74. The third-order valence-electron chi connectivity index (χ3n) is 8.17. The van der Waals surface area contributed by atoms with E-state index in [0.29, 0.717) is 0 Å². The fourth-order valence-electron chi connectivity index (χ4n) is 5.99. The van der Waals surface area contributed by atoms with Crippen molar-refractivity contribution in [3.63, 3.8) is 0 Å². The van der Waals surface area contributed by atoms with Crippen molar-refractivity contribution in [3.05, 3.63) is 150 Å². The SMILES string of the molecule is C/C=C\C=C/Cc1c2c(c(-c3ccc(C/C=C\C)c4ccccc34)c3ccccc13)C=CCC2.C=C.CC.CC.CCC(=CC=N)CC. The highest BCUT2D eigenvalue weighted by molar-refractivity contribution is 6.10. The third kappa shape index (κ3) is 11.1. The van der Waals surface area contributed by atoms with Crippen molar-refractivity contribution in [3.8, 4) is 11.1 Å². The second-order valence-corrected chi connectivity index (χ2v) is 10.7. The van der Waals surface area contributed by atoms with E-state index < -0.39 is 0 Å². The maximum absolute atomic E-state index is 6.74. The standard InChI is InChI=1S/C34H32.C7H13N.2C2H6.C2H4/c1-3-5-7-8-17-28-29-19-11-13-21-31(29)34(32-22-14-12-20-30(28)32)33-24-23-25(15-6-4-2)26-16-9-10-18-27(26)33;1-3-7(4-2)5-6-8;3*1-2/h3-11,13-14,16,18-19,21-24H,12,15,17,20H2,1-2H3;5-6,8H,3-4H2,1-2H3;2*1-2H3;1-2H2/b5-3-,6-4-,8-7-;;;;. The molecule has 1 aliphatic carbocycles. The Morgan fingerprint density at radius 1 is 0.729 bits per heavy atom. The van der Waals surface area contributed by atoms with Crippen LogP contribution in [0.2, 0.25) is 0 Å². The molecule has 254 valence electrons. The van der Waals surface area contributed by atoms with E-state index >= 15 is 0 Å². The molecule has 0 unspecified atom stereocenters. The predicted molar refractivity (Wildman–Crippen MR) is 222 cm³/mol. The first-order chi connectivity index (χ1) is 23.7. The van der Waals surface area contributed by atoms with Gasteiger partial charge in [-0.2, -0.15) is 0 Å². The molecule has 1 heteroatoms. The van der Waals surface area contributed by atoms with E-state index in [4.69, 9.17) is 5.41 Å². The van der Waals surface area contributed by atoms with Gasteiger partial charge in [0, 0.05) is 6.21 Å². The van der Waals surface area contributed by atoms with Crippen LogP contribution in [-0.4, -0.2) is 6.21 Å². The minimum atomic E-state index is 0.963. The van der Waals surface area contributed by atoms with Crippen LogP contribution in [0.15, 0.2) is 128 Å². The molecule has 0 bridgehead atoms. The molecule has 0 saturated carbocycles. The second-order valence-electron chi connectivity index (χ2n) is 10.7. The summed E-state index contributed by atoms with van der Waals surface area (Å²) >= 11 is 0. The summed E-state index contributed by atoms with van der Waals surface area (Å²) in [6, 6.07) is 22.6. The van der Waals surface area contributed by atoms with Crippen molar-refractivity contribution in [1.82, 2.24) is 0 Å². The van der Waals surface area contributed by atoms with Gasteiger partial charge in [-0.15, -0.1) is 13.2 Å². The highest BCUT2D eigenvalue weighted by Crippen LogP contribution is 2.43. The molecule has 5 rings (SSSR count). The lowest BCUT2D eigenvalue weighted by atomic mass is 9.80. The molecule has 4 aromatic carbocycles. The van der Waals surface area contributed by atoms with Gasteiger partial charge in [0.25, 0.3) is 0 Å². The van der Waals surface area contributed by atoms with Crippen molar-refractivity contribution in [2.24, 2.45) is 0 Å². The molecule has 0 atom stereocenters. The highest BCUT2D eigenvalue weighted by atomic mass is 14.3. The van der Waals surface area contributed by atoms with Gasteiger partial charge >= 0.3 is 0 Å². The van der Waals surface area contributed by atoms with Crippen LogP contribution < -0.4 is 0 Å². The average molecular weight is 640 g/mol. The zero-order valence-electron chi connectivity index (χ0n) is 31.2. The molecule has 0 saturated heterocycles. The molecule has 0 heterocycles. The molecule has 48 heavy (non-hydrogen) atoms. The summed E-state index contributed by atoms with van der Waals surface area (Å²) in [5.41, 5.74) is 9.87. The van der Waals surface area contributed by atoms with E-state index in [2.05, 4.69) is 150 Å². The van der Waals surface area contributed by atoms with Crippen molar-refractivity contribution in [2.45, 2.75) is 93.9 Å². The zero-order valence-corrected chi connectivity index (χ0v) is 31.2. The quantitative estimate of drug-likeness (QED) is 0.107. The first-order valence-corrected chi connectivity index (χ1v) is 18.0. The molecule has 0 aromatic heterocycles. The average Bonchev–Trinajstić information content (AvgIpc) is 3.17. The predicted octanol–water partition coefficient (Wildman–Crippen LogP) is 14.6. The fourth-order valence-corrected chi connectivity index (χ4v) is 5.99. The molecule has 1 N–H and O–H groups in total. The summed E-state index contributed by atoms with van der Waals surface area (Å²) in [5.74, 6) is 0. The summed E-state index contributed by atoms with van der Waals surface area (Å²) in [6.07, 6.45) is 27.3. The van der Waals surface area contributed by atoms with Gasteiger partial charge in [0.15, 0.2) is 0 Å². The number of allylic oxidation sites excluding steroid dienone is 9. The Balaban J connectivity index is 0.000000709. The van der Waals surface area contributed by atoms with Crippen molar-refractivity contribution < 1.29 is 0 Å². The van der Waals surface area contributed by atoms with Gasteiger partial charge in [-0.3, -0.25) is 0 Å². The molecular formula is C47H61N. The Kier molecular flexibility index (Phi) is 21.3. The van der Waals surface area contributed by atoms with Gasteiger partial charge in [0.05, 0.1) is 0 Å². The Hall–Kier alpha value is -4.49. The number of nitrogens with one attached hydrogen (secondary N) is 1. The Morgan fingerprint density at radius 3 is 1.94 bits per heavy atom. The topological polar surface area (TPSA) is 23.9 Å². The van der Waals surface area contributed by atoms with Crippen molar-refractivity contribution >= 4 is 33.8 Å². The van der Waals surface area contributed by atoms with Crippen molar-refractivity contribution in [1.29, 1.82) is 5.41 Å². The van der Waals surface area contributed by atoms with E-state index in [-0.39, 0.29) is 0 Å². The molecule has 1 aliphatic rings. The van der Waals surface area contributed by atoms with Crippen LogP contribution in [0, 0.1) is 5.41 Å². The molecule has 0 aliphatic heterocycles. The summed E-state index contributed by atoms with van der Waals surface area (Å²) in [7, 11) is 0. The normalized spacial score (nSPS) is 11.4. The summed E-state index contributed by atoms with van der Waals surface area (Å²) in [6.45, 7) is 22.4. The van der Waals surface area contributed by atoms with E-state index in [0.717, 1.165) is 38.5 Å². The molecule has 0 fully saturated rings. The van der Waals surface area contributed by atoms with E-state index in [9.17, 15) is 0 Å². The van der Waals surface area contributed by atoms with Gasteiger partial charge in [0.2, 0.25) is 0 Å². The molecule has 0 spiro atoms. The molecule has 0 amide bonds. The Labute approximate surface area is 293 Å². The number of hydrogen-bond donors (Lipinski definition) is 1. The lowest BCUT2D eigenvalue weighted by molar-refractivity contribution is 0.966. The maximum Gasteiger partial charge on any atom is 0.0177 e. The third-order valence-corrected chi connectivity index (χ3v) is 8.17. The minimum absolute atomic E-state index is 0.963. The lowest BCUT2D eigenvalue weighted by Gasteiger charge is -2.24. The minimum Gasteiger partial charge on any atom is -0.309 e. The van der Waals surface area contributed by atoms with Crippen LogP contribution in [0.4, 0.5) is 0 Å². The molecular weight excluding hydrogens is 579 g/mol. The van der Waals surface area contributed by atoms with Crippen LogP contribution in [0.5, 0.6) is 0 Å². The summed E-state index contributed by atoms with van der Waals surface area (Å²) < 4.78 is 0. The van der Waals surface area contributed by atoms with Gasteiger partial charge in [-0.1, -0.05) is 156 Å². The van der Waals surface area contributed by atoms with E-state index in [1.165, 1.54) is 66.7 Å². The van der Waals surface area contributed by atoms with Crippen LogP contribution in [-0.2, 0) is 19.3 Å². The summed E-state index contributed by atoms with van der Waals surface area (Å²) in [5, 5.41) is 12.2. The van der Waals surface area contributed by atoms with Gasteiger partial charge in [-0.25, -0.2) is 0 Å². The number of hydrogen-bond acceptors (Lipinski definition) is 1. The smallest absolute Gasteiger partial charge is 0.0177 e. The van der Waals surface area contributed by atoms with Crippen LogP contribution in [0.1, 0.15) is 96.9 Å². The van der Waals surface area contributed by atoms with Crippen LogP contribution in [0.25, 0.3) is 38.7 Å². The first kappa shape index (κ1) is 41.5. The Bertz CT molecular complexity index is 1680. The molecule has 1 nitrogen and oxygen atoms in total. The second kappa shape index (κ2) is 24.7. The van der Waals surface area contributed by atoms with Crippen molar-refractivity contribution in [2.75, 3.05) is 0 Å². The van der Waals surface area contributed by atoms with Crippen LogP contribution in [0.3, 0.4) is 0 Å². The van der Waals surface area contributed by atoms with Gasteiger partial charge in [-0.05, 0) is 113 Å².